The normalized spacial score (nSPS) is 10.5. The fourth-order valence-electron chi connectivity index (χ4n) is 2.93. The fraction of sp³-hybridized carbons (Fsp3) is 0.0870. The summed E-state index contributed by atoms with van der Waals surface area (Å²) in [5, 5.41) is 24.8. The van der Waals surface area contributed by atoms with Crippen molar-refractivity contribution in [3.05, 3.63) is 92.5 Å². The average Bonchev–Trinajstić information content (AvgIpc) is 2.82. The molecule has 0 atom stereocenters. The number of benzene rings is 3. The second-order valence-corrected chi connectivity index (χ2v) is 6.77. The Balaban J connectivity index is 1.73. The summed E-state index contributed by atoms with van der Waals surface area (Å²) in [5.41, 5.74) is 0.177. The first-order valence-electron chi connectivity index (χ1n) is 9.72. The number of carbonyl (C=O) groups excluding carboxylic acids is 1. The molecule has 0 saturated heterocycles. The second kappa shape index (κ2) is 10.6. The van der Waals surface area contributed by atoms with Crippen molar-refractivity contribution in [2.75, 3.05) is 19.5 Å². The van der Waals surface area contributed by atoms with Crippen LogP contribution in [-0.4, -0.2) is 30.0 Å². The van der Waals surface area contributed by atoms with Gasteiger partial charge >= 0.3 is 0 Å². The summed E-state index contributed by atoms with van der Waals surface area (Å²) >= 11 is 0. The van der Waals surface area contributed by atoms with Crippen LogP contribution in [0.1, 0.15) is 5.56 Å². The molecule has 0 saturated carbocycles. The first-order valence-corrected chi connectivity index (χ1v) is 9.72. The molecule has 174 valence electrons. The van der Waals surface area contributed by atoms with Crippen molar-refractivity contribution in [3.8, 4) is 23.0 Å². The molecule has 0 aliphatic rings. The van der Waals surface area contributed by atoms with Gasteiger partial charge in [0.1, 0.15) is 11.5 Å². The van der Waals surface area contributed by atoms with Crippen molar-refractivity contribution in [2.45, 2.75) is 0 Å². The van der Waals surface area contributed by atoms with Crippen molar-refractivity contribution >= 4 is 29.0 Å². The van der Waals surface area contributed by atoms with Crippen molar-refractivity contribution in [1.82, 2.24) is 0 Å². The van der Waals surface area contributed by atoms with Crippen molar-refractivity contribution in [3.63, 3.8) is 0 Å². The van der Waals surface area contributed by atoms with Crippen LogP contribution in [-0.2, 0) is 4.79 Å². The predicted octanol–water partition coefficient (Wildman–Crippen LogP) is 4.96. The smallest absolute Gasteiger partial charge is 0.280 e. The van der Waals surface area contributed by atoms with E-state index in [1.54, 1.807) is 48.5 Å². The minimum absolute atomic E-state index is 0.0618. The Kier molecular flexibility index (Phi) is 7.39. The molecule has 34 heavy (non-hydrogen) atoms. The first-order chi connectivity index (χ1) is 16.3. The molecular formula is C23H19N3O8. The Morgan fingerprint density at radius 3 is 2.15 bits per heavy atom. The molecule has 0 aliphatic carbocycles. The highest BCUT2D eigenvalue weighted by atomic mass is 16.6. The van der Waals surface area contributed by atoms with Crippen LogP contribution in [0.2, 0.25) is 0 Å². The lowest BCUT2D eigenvalue weighted by Crippen LogP contribution is -2.07. The number of nitro benzene ring substituents is 2. The maximum atomic E-state index is 12.3. The average molecular weight is 465 g/mol. The molecule has 0 unspecified atom stereocenters. The van der Waals surface area contributed by atoms with Crippen LogP contribution in [0.25, 0.3) is 6.08 Å². The molecule has 0 heterocycles. The summed E-state index contributed by atoms with van der Waals surface area (Å²) in [6.45, 7) is 0. The number of nitro groups is 2. The Hall–Kier alpha value is -4.93. The van der Waals surface area contributed by atoms with Crippen molar-refractivity contribution in [2.24, 2.45) is 0 Å². The maximum Gasteiger partial charge on any atom is 0.280 e. The van der Waals surface area contributed by atoms with Gasteiger partial charge in [0.25, 0.3) is 11.4 Å². The number of ether oxygens (including phenoxy) is 3. The molecule has 0 aliphatic heterocycles. The van der Waals surface area contributed by atoms with E-state index in [4.69, 9.17) is 14.2 Å². The van der Waals surface area contributed by atoms with Gasteiger partial charge in [-0.25, -0.2) is 0 Å². The molecular weight excluding hydrogens is 446 g/mol. The van der Waals surface area contributed by atoms with E-state index >= 15 is 0 Å². The highest BCUT2D eigenvalue weighted by Crippen LogP contribution is 2.31. The van der Waals surface area contributed by atoms with Crippen molar-refractivity contribution in [1.29, 1.82) is 0 Å². The van der Waals surface area contributed by atoms with Gasteiger partial charge in [-0.05, 0) is 35.9 Å². The molecule has 0 spiro atoms. The standard InChI is InChI=1S/C23H19N3O8/c1-32-21-8-7-16(11-22(21)33-2)24-23(27)9-6-15-4-3-5-19(10-15)34-20-13-17(25(28)29)12-18(14-20)26(30)31/h3-14H,1-2H3,(H,24,27)/b9-6+. The van der Waals surface area contributed by atoms with Gasteiger partial charge in [0.05, 0.1) is 42.3 Å². The van der Waals surface area contributed by atoms with Crippen LogP contribution in [0.5, 0.6) is 23.0 Å². The third-order valence-electron chi connectivity index (χ3n) is 4.47. The predicted molar refractivity (Wildman–Crippen MR) is 123 cm³/mol. The molecule has 0 fully saturated rings. The molecule has 0 aromatic heterocycles. The van der Waals surface area contributed by atoms with Crippen LogP contribution in [0.3, 0.4) is 0 Å². The topological polar surface area (TPSA) is 143 Å². The zero-order valence-corrected chi connectivity index (χ0v) is 18.1. The van der Waals surface area contributed by atoms with Gasteiger partial charge < -0.3 is 19.5 Å². The molecule has 0 bridgehead atoms. The number of carbonyl (C=O) groups is 1. The lowest BCUT2D eigenvalue weighted by molar-refractivity contribution is -0.394. The van der Waals surface area contributed by atoms with E-state index in [2.05, 4.69) is 5.32 Å². The summed E-state index contributed by atoms with van der Waals surface area (Å²) in [4.78, 5) is 32.9. The van der Waals surface area contributed by atoms with Gasteiger partial charge in [-0.3, -0.25) is 25.0 Å². The molecule has 0 radical (unpaired) electrons. The van der Waals surface area contributed by atoms with E-state index in [1.165, 1.54) is 20.3 Å². The molecule has 11 heteroatoms. The van der Waals surface area contributed by atoms with Gasteiger partial charge in [-0.15, -0.1) is 0 Å². The zero-order chi connectivity index (χ0) is 24.7. The number of methoxy groups -OCH3 is 2. The Labute approximate surface area is 193 Å². The second-order valence-electron chi connectivity index (χ2n) is 6.77. The summed E-state index contributed by atoms with van der Waals surface area (Å²) in [6.07, 6.45) is 2.85. The minimum Gasteiger partial charge on any atom is -0.493 e. The largest absolute Gasteiger partial charge is 0.493 e. The number of nitrogens with zero attached hydrogens (tertiary/aromatic N) is 2. The number of nitrogens with one attached hydrogen (secondary N) is 1. The van der Waals surface area contributed by atoms with E-state index in [9.17, 15) is 25.0 Å². The number of anilines is 1. The third-order valence-corrected chi connectivity index (χ3v) is 4.47. The molecule has 3 rings (SSSR count). The Morgan fingerprint density at radius 2 is 1.53 bits per heavy atom. The lowest BCUT2D eigenvalue weighted by atomic mass is 10.2. The number of rotatable bonds is 9. The molecule has 3 aromatic rings. The maximum absolute atomic E-state index is 12.3. The highest BCUT2D eigenvalue weighted by molar-refractivity contribution is 6.02. The minimum atomic E-state index is -0.740. The monoisotopic (exact) mass is 465 g/mol. The van der Waals surface area contributed by atoms with Crippen molar-refractivity contribution < 1.29 is 28.9 Å². The third kappa shape index (κ3) is 6.07. The lowest BCUT2D eigenvalue weighted by Gasteiger charge is -2.09. The van der Waals surface area contributed by atoms with Gasteiger partial charge in [-0.2, -0.15) is 0 Å². The van der Waals surface area contributed by atoms with Gasteiger partial charge in [0.15, 0.2) is 11.5 Å². The van der Waals surface area contributed by atoms with E-state index in [0.717, 1.165) is 18.2 Å². The fourth-order valence-corrected chi connectivity index (χ4v) is 2.93. The summed E-state index contributed by atoms with van der Waals surface area (Å²) in [6, 6.07) is 14.5. The summed E-state index contributed by atoms with van der Waals surface area (Å²) < 4.78 is 16.0. The van der Waals surface area contributed by atoms with Crippen LogP contribution < -0.4 is 19.5 Å². The highest BCUT2D eigenvalue weighted by Gasteiger charge is 2.17. The van der Waals surface area contributed by atoms with Crippen LogP contribution >= 0.6 is 0 Å². The van der Waals surface area contributed by atoms with Gasteiger partial charge in [-0.1, -0.05) is 12.1 Å². The number of hydrogen-bond acceptors (Lipinski definition) is 8. The molecule has 3 aromatic carbocycles. The summed E-state index contributed by atoms with van der Waals surface area (Å²) in [5.74, 6) is 0.816. The summed E-state index contributed by atoms with van der Waals surface area (Å²) in [7, 11) is 3.00. The van der Waals surface area contributed by atoms with Crippen LogP contribution in [0, 0.1) is 20.2 Å². The van der Waals surface area contributed by atoms with Crippen LogP contribution in [0.4, 0.5) is 17.1 Å². The zero-order valence-electron chi connectivity index (χ0n) is 18.1. The van der Waals surface area contributed by atoms with Gasteiger partial charge in [0, 0.05) is 17.8 Å². The number of hydrogen-bond donors (Lipinski definition) is 1. The van der Waals surface area contributed by atoms with E-state index < -0.39 is 27.1 Å². The Bertz CT molecular complexity index is 1240. The first kappa shape index (κ1) is 23.7. The van der Waals surface area contributed by atoms with E-state index in [1.807, 2.05) is 0 Å². The quantitative estimate of drug-likeness (QED) is 0.265. The molecule has 1 amide bonds. The van der Waals surface area contributed by atoms with Gasteiger partial charge in [0.2, 0.25) is 5.91 Å². The van der Waals surface area contributed by atoms with Crippen LogP contribution in [0.15, 0.2) is 66.7 Å². The Morgan fingerprint density at radius 1 is 0.853 bits per heavy atom. The number of amides is 1. The van der Waals surface area contributed by atoms with E-state index in [0.29, 0.717) is 22.7 Å². The SMILES string of the molecule is COc1ccc(NC(=O)/C=C/c2cccc(Oc3cc([N+](=O)[O-])cc([N+](=O)[O-])c3)c2)cc1OC. The van der Waals surface area contributed by atoms with E-state index in [-0.39, 0.29) is 11.5 Å². The molecule has 11 nitrogen and oxygen atoms in total. The number of non-ortho nitro benzene ring substituents is 2. The molecule has 1 N–H and O–H groups in total.